The fraction of sp³-hybridized carbons (Fsp3) is 1.00. The largest absolute Gasteiger partial charge is 0.329 e. The molecule has 1 saturated heterocycles. The van der Waals surface area contributed by atoms with E-state index < -0.39 is 0 Å². The SMILES string of the molecule is CC1CC(CN)(N(C)C(C)C)CN1C. The lowest BCUT2D eigenvalue weighted by Crippen LogP contribution is -2.56. The highest BCUT2D eigenvalue weighted by atomic mass is 15.3. The topological polar surface area (TPSA) is 32.5 Å². The van der Waals surface area contributed by atoms with E-state index in [4.69, 9.17) is 5.73 Å². The van der Waals surface area contributed by atoms with Crippen molar-refractivity contribution in [2.75, 3.05) is 27.2 Å². The predicted molar refractivity (Wildman–Crippen MR) is 61.4 cm³/mol. The highest BCUT2D eigenvalue weighted by Gasteiger charge is 2.43. The van der Waals surface area contributed by atoms with Gasteiger partial charge in [0.1, 0.15) is 0 Å². The Morgan fingerprint density at radius 2 is 2.14 bits per heavy atom. The third-order valence-corrected chi connectivity index (χ3v) is 3.87. The van der Waals surface area contributed by atoms with Crippen molar-refractivity contribution in [3.63, 3.8) is 0 Å². The number of likely N-dealkylation sites (tertiary alicyclic amines) is 1. The summed E-state index contributed by atoms with van der Waals surface area (Å²) in [5.74, 6) is 0. The Hall–Kier alpha value is -0.120. The zero-order valence-electron chi connectivity index (χ0n) is 10.2. The van der Waals surface area contributed by atoms with Gasteiger partial charge in [-0.15, -0.1) is 0 Å². The quantitative estimate of drug-likeness (QED) is 0.728. The first-order chi connectivity index (χ1) is 6.43. The molecule has 1 rings (SSSR count). The summed E-state index contributed by atoms with van der Waals surface area (Å²) < 4.78 is 0. The van der Waals surface area contributed by atoms with Crippen molar-refractivity contribution in [3.8, 4) is 0 Å². The minimum atomic E-state index is 0.197. The Labute approximate surface area is 88.2 Å². The molecule has 0 aromatic rings. The standard InChI is InChI=1S/C11H25N3/c1-9(2)14(5)11(7-12)6-10(3)13(4)8-11/h9-10H,6-8,12H2,1-5H3. The summed E-state index contributed by atoms with van der Waals surface area (Å²) in [7, 11) is 4.39. The van der Waals surface area contributed by atoms with E-state index in [1.54, 1.807) is 0 Å². The van der Waals surface area contributed by atoms with Crippen molar-refractivity contribution in [2.45, 2.75) is 44.8 Å². The first-order valence-electron chi connectivity index (χ1n) is 5.56. The van der Waals surface area contributed by atoms with Gasteiger partial charge in [0.2, 0.25) is 0 Å². The van der Waals surface area contributed by atoms with Crippen molar-refractivity contribution < 1.29 is 0 Å². The van der Waals surface area contributed by atoms with Gasteiger partial charge in [-0.1, -0.05) is 0 Å². The van der Waals surface area contributed by atoms with Gasteiger partial charge < -0.3 is 10.6 Å². The molecule has 0 aromatic heterocycles. The summed E-state index contributed by atoms with van der Waals surface area (Å²) in [4.78, 5) is 4.85. The molecule has 14 heavy (non-hydrogen) atoms. The molecule has 84 valence electrons. The van der Waals surface area contributed by atoms with Gasteiger partial charge in [0.05, 0.1) is 0 Å². The molecule has 3 nitrogen and oxygen atoms in total. The van der Waals surface area contributed by atoms with Crippen LogP contribution in [0.1, 0.15) is 27.2 Å². The van der Waals surface area contributed by atoms with E-state index in [9.17, 15) is 0 Å². The van der Waals surface area contributed by atoms with E-state index in [-0.39, 0.29) is 5.54 Å². The van der Waals surface area contributed by atoms with Crippen LogP contribution in [0, 0.1) is 0 Å². The van der Waals surface area contributed by atoms with Crippen LogP contribution in [0.2, 0.25) is 0 Å². The third kappa shape index (κ3) is 1.95. The molecule has 0 aliphatic carbocycles. The molecule has 0 radical (unpaired) electrons. The second-order valence-electron chi connectivity index (χ2n) is 5.10. The molecular weight excluding hydrogens is 174 g/mol. The molecule has 2 unspecified atom stereocenters. The normalized spacial score (nSPS) is 34.7. The maximum absolute atomic E-state index is 5.96. The van der Waals surface area contributed by atoms with Gasteiger partial charge in [-0.3, -0.25) is 4.90 Å². The summed E-state index contributed by atoms with van der Waals surface area (Å²) in [6, 6.07) is 1.22. The summed E-state index contributed by atoms with van der Waals surface area (Å²) >= 11 is 0. The molecule has 2 N–H and O–H groups in total. The molecule has 1 fully saturated rings. The number of rotatable bonds is 3. The lowest BCUT2D eigenvalue weighted by molar-refractivity contribution is 0.100. The zero-order valence-corrected chi connectivity index (χ0v) is 10.2. The summed E-state index contributed by atoms with van der Waals surface area (Å²) in [5, 5.41) is 0. The summed E-state index contributed by atoms with van der Waals surface area (Å²) in [6.45, 7) is 8.61. The Bertz CT molecular complexity index is 181. The van der Waals surface area contributed by atoms with Crippen LogP contribution in [0.25, 0.3) is 0 Å². The van der Waals surface area contributed by atoms with Crippen molar-refractivity contribution in [1.82, 2.24) is 9.80 Å². The number of hydrogen-bond acceptors (Lipinski definition) is 3. The van der Waals surface area contributed by atoms with Crippen molar-refractivity contribution >= 4 is 0 Å². The van der Waals surface area contributed by atoms with E-state index in [0.717, 1.165) is 13.1 Å². The second-order valence-corrected chi connectivity index (χ2v) is 5.10. The van der Waals surface area contributed by atoms with Crippen LogP contribution in [0.5, 0.6) is 0 Å². The van der Waals surface area contributed by atoms with Gasteiger partial charge >= 0.3 is 0 Å². The van der Waals surface area contributed by atoms with Gasteiger partial charge in [-0.2, -0.15) is 0 Å². The third-order valence-electron chi connectivity index (χ3n) is 3.87. The number of likely N-dealkylation sites (N-methyl/N-ethyl adjacent to an activating group) is 2. The van der Waals surface area contributed by atoms with Gasteiger partial charge in [-0.05, 0) is 41.3 Å². The number of nitrogens with two attached hydrogens (primary N) is 1. The second kappa shape index (κ2) is 4.17. The van der Waals surface area contributed by atoms with E-state index in [1.165, 1.54) is 6.42 Å². The maximum atomic E-state index is 5.96. The average Bonchev–Trinajstić information content (AvgIpc) is 2.42. The molecule has 1 heterocycles. The minimum Gasteiger partial charge on any atom is -0.329 e. The summed E-state index contributed by atoms with van der Waals surface area (Å²) in [5.41, 5.74) is 6.16. The molecule has 2 atom stereocenters. The number of hydrogen-bond donors (Lipinski definition) is 1. The maximum Gasteiger partial charge on any atom is 0.0472 e. The molecular formula is C11H25N3. The molecule has 0 saturated carbocycles. The number of nitrogens with zero attached hydrogens (tertiary/aromatic N) is 2. The highest BCUT2D eigenvalue weighted by molar-refractivity contribution is 5.02. The Balaban J connectivity index is 2.78. The average molecular weight is 199 g/mol. The van der Waals surface area contributed by atoms with E-state index in [2.05, 4.69) is 44.7 Å². The first kappa shape index (κ1) is 12.0. The van der Waals surface area contributed by atoms with Crippen LogP contribution in [0.3, 0.4) is 0 Å². The van der Waals surface area contributed by atoms with Crippen LogP contribution < -0.4 is 5.73 Å². The lowest BCUT2D eigenvalue weighted by atomic mass is 9.93. The van der Waals surface area contributed by atoms with Gasteiger partial charge in [0.25, 0.3) is 0 Å². The zero-order chi connectivity index (χ0) is 10.9. The van der Waals surface area contributed by atoms with E-state index in [0.29, 0.717) is 12.1 Å². The van der Waals surface area contributed by atoms with Gasteiger partial charge in [-0.25, -0.2) is 0 Å². The van der Waals surface area contributed by atoms with Gasteiger partial charge in [0, 0.05) is 30.7 Å². The van der Waals surface area contributed by atoms with Gasteiger partial charge in [0.15, 0.2) is 0 Å². The van der Waals surface area contributed by atoms with Crippen LogP contribution in [-0.4, -0.2) is 54.6 Å². The van der Waals surface area contributed by atoms with Crippen LogP contribution in [0.4, 0.5) is 0 Å². The fourth-order valence-electron chi connectivity index (χ4n) is 2.49. The fourth-order valence-corrected chi connectivity index (χ4v) is 2.49. The molecule has 0 aromatic carbocycles. The minimum absolute atomic E-state index is 0.197. The van der Waals surface area contributed by atoms with Crippen LogP contribution in [-0.2, 0) is 0 Å². The van der Waals surface area contributed by atoms with Crippen molar-refractivity contribution in [3.05, 3.63) is 0 Å². The molecule has 3 heteroatoms. The lowest BCUT2D eigenvalue weighted by Gasteiger charge is -2.40. The van der Waals surface area contributed by atoms with E-state index in [1.807, 2.05) is 0 Å². The Morgan fingerprint density at radius 3 is 2.43 bits per heavy atom. The molecule has 0 bridgehead atoms. The summed E-state index contributed by atoms with van der Waals surface area (Å²) in [6.07, 6.45) is 1.19. The Morgan fingerprint density at radius 1 is 1.57 bits per heavy atom. The molecule has 0 amide bonds. The smallest absolute Gasteiger partial charge is 0.0472 e. The predicted octanol–water partition coefficient (Wildman–Crippen LogP) is 0.748. The molecule has 1 aliphatic rings. The highest BCUT2D eigenvalue weighted by Crippen LogP contribution is 2.30. The molecule has 0 spiro atoms. The van der Waals surface area contributed by atoms with E-state index >= 15 is 0 Å². The monoisotopic (exact) mass is 199 g/mol. The molecule has 1 aliphatic heterocycles. The van der Waals surface area contributed by atoms with Crippen LogP contribution in [0.15, 0.2) is 0 Å². The van der Waals surface area contributed by atoms with Crippen molar-refractivity contribution in [2.24, 2.45) is 5.73 Å². The Kier molecular flexibility index (Phi) is 3.56. The van der Waals surface area contributed by atoms with Crippen molar-refractivity contribution in [1.29, 1.82) is 0 Å². The first-order valence-corrected chi connectivity index (χ1v) is 5.56. The van der Waals surface area contributed by atoms with Crippen LogP contribution >= 0.6 is 0 Å².